The number of fused-ring (bicyclic) bond motifs is 1. The molecule has 2 N–H and O–H groups in total. The molecule has 0 bridgehead atoms. The summed E-state index contributed by atoms with van der Waals surface area (Å²) >= 11 is 0. The Bertz CT molecular complexity index is 567. The summed E-state index contributed by atoms with van der Waals surface area (Å²) in [7, 11) is 0. The van der Waals surface area contributed by atoms with Gasteiger partial charge in [0, 0.05) is 12.7 Å². The normalized spacial score (nSPS) is 20.1. The van der Waals surface area contributed by atoms with E-state index in [-0.39, 0.29) is 19.3 Å². The smallest absolute Gasteiger partial charge is 0.153 e. The molecule has 1 atom stereocenters. The summed E-state index contributed by atoms with van der Waals surface area (Å²) in [6, 6.07) is 5.91. The van der Waals surface area contributed by atoms with Crippen LogP contribution in [0, 0.1) is 0 Å². The van der Waals surface area contributed by atoms with Crippen LogP contribution in [0.4, 0.5) is 5.82 Å². The second kappa shape index (κ2) is 5.19. The molecule has 1 fully saturated rings. The molecule has 1 aliphatic rings. The highest BCUT2D eigenvalue weighted by molar-refractivity contribution is 5.56. The molecule has 1 unspecified atom stereocenters. The predicted octanol–water partition coefficient (Wildman–Crippen LogP) is 1.18. The summed E-state index contributed by atoms with van der Waals surface area (Å²) in [5.74, 6) is 0.812. The van der Waals surface area contributed by atoms with Crippen molar-refractivity contribution < 1.29 is 10.2 Å². The first-order valence-corrected chi connectivity index (χ1v) is 6.79. The fraction of sp³-hybridized carbons (Fsp3) is 0.500. The quantitative estimate of drug-likeness (QED) is 0.871. The molecule has 3 rings (SSSR count). The fourth-order valence-corrected chi connectivity index (χ4v) is 2.88. The molecule has 2 aromatic heterocycles. The minimum Gasteiger partial charge on any atom is -0.394 e. The van der Waals surface area contributed by atoms with Gasteiger partial charge >= 0.3 is 0 Å². The summed E-state index contributed by atoms with van der Waals surface area (Å²) in [6.45, 7) is 0.982. The highest BCUT2D eigenvalue weighted by Crippen LogP contribution is 2.28. The second-order valence-corrected chi connectivity index (χ2v) is 4.99. The van der Waals surface area contributed by atoms with E-state index in [1.807, 2.05) is 28.8 Å². The monoisotopic (exact) mass is 261 g/mol. The van der Waals surface area contributed by atoms with Crippen molar-refractivity contribution >= 4 is 11.5 Å². The zero-order valence-electron chi connectivity index (χ0n) is 10.9. The van der Waals surface area contributed by atoms with Crippen LogP contribution in [0.5, 0.6) is 0 Å². The van der Waals surface area contributed by atoms with E-state index in [4.69, 9.17) is 0 Å². The van der Waals surface area contributed by atoms with Crippen LogP contribution in [0.25, 0.3) is 5.65 Å². The number of imidazole rings is 1. The predicted molar refractivity (Wildman–Crippen MR) is 73.2 cm³/mol. The van der Waals surface area contributed by atoms with Crippen LogP contribution < -0.4 is 4.90 Å². The van der Waals surface area contributed by atoms with Gasteiger partial charge in [0.25, 0.3) is 0 Å². The molecule has 5 heteroatoms. The van der Waals surface area contributed by atoms with Crippen molar-refractivity contribution in [3.05, 3.63) is 30.1 Å². The number of hydrogen-bond donors (Lipinski definition) is 2. The van der Waals surface area contributed by atoms with Crippen LogP contribution in [0.3, 0.4) is 0 Å². The van der Waals surface area contributed by atoms with Crippen molar-refractivity contribution in [2.75, 3.05) is 18.1 Å². The van der Waals surface area contributed by atoms with E-state index in [9.17, 15) is 10.2 Å². The number of hydrogen-bond acceptors (Lipinski definition) is 4. The zero-order valence-corrected chi connectivity index (χ0v) is 10.9. The Balaban J connectivity index is 2.07. The third-order valence-corrected chi connectivity index (χ3v) is 3.87. The first kappa shape index (κ1) is 12.4. The Morgan fingerprint density at radius 1 is 1.26 bits per heavy atom. The summed E-state index contributed by atoms with van der Waals surface area (Å²) < 4.78 is 1.92. The van der Waals surface area contributed by atoms with Crippen LogP contribution in [0.15, 0.2) is 24.4 Å². The summed E-state index contributed by atoms with van der Waals surface area (Å²) in [5, 5.41) is 19.2. The van der Waals surface area contributed by atoms with Gasteiger partial charge in [-0.2, -0.15) is 0 Å². The molecule has 0 saturated carbocycles. The number of piperidine rings is 1. The fourth-order valence-electron chi connectivity index (χ4n) is 2.88. The summed E-state index contributed by atoms with van der Waals surface area (Å²) in [6.07, 6.45) is 5.14. The van der Waals surface area contributed by atoms with E-state index in [1.165, 1.54) is 0 Å². The number of rotatable bonds is 3. The highest BCUT2D eigenvalue weighted by Gasteiger charge is 2.26. The maximum absolute atomic E-state index is 9.64. The average molecular weight is 261 g/mol. The molecule has 19 heavy (non-hydrogen) atoms. The standard InChI is InChI=1S/C14H19N3O2/c18-9-11-5-1-3-7-16(11)14-12(10-19)17-8-4-2-6-13(17)15-14/h2,4,6,8,11,18-19H,1,3,5,7,9-10H2. The molecule has 0 aromatic carbocycles. The van der Waals surface area contributed by atoms with Crippen LogP contribution in [0.2, 0.25) is 0 Å². The van der Waals surface area contributed by atoms with Crippen LogP contribution in [-0.4, -0.2) is 38.8 Å². The molecule has 3 heterocycles. The minimum absolute atomic E-state index is 0.0465. The highest BCUT2D eigenvalue weighted by atomic mass is 16.3. The van der Waals surface area contributed by atoms with Gasteiger partial charge in [-0.1, -0.05) is 6.07 Å². The topological polar surface area (TPSA) is 61.0 Å². The van der Waals surface area contributed by atoms with Crippen molar-refractivity contribution in [3.8, 4) is 0 Å². The maximum atomic E-state index is 9.64. The average Bonchev–Trinajstić information content (AvgIpc) is 2.85. The van der Waals surface area contributed by atoms with Gasteiger partial charge in [-0.25, -0.2) is 4.98 Å². The van der Waals surface area contributed by atoms with Gasteiger partial charge in [-0.05, 0) is 31.4 Å². The molecule has 0 aliphatic carbocycles. The SMILES string of the molecule is OCc1c(N2CCCCC2CO)nc2ccccn12. The lowest BCUT2D eigenvalue weighted by atomic mass is 10.0. The Labute approximate surface area is 112 Å². The number of anilines is 1. The van der Waals surface area contributed by atoms with E-state index >= 15 is 0 Å². The molecule has 0 amide bonds. The molecule has 102 valence electrons. The van der Waals surface area contributed by atoms with Crippen molar-refractivity contribution in [3.63, 3.8) is 0 Å². The van der Waals surface area contributed by atoms with Gasteiger partial charge in [0.2, 0.25) is 0 Å². The van der Waals surface area contributed by atoms with Crippen LogP contribution in [-0.2, 0) is 6.61 Å². The van der Waals surface area contributed by atoms with Gasteiger partial charge in [0.15, 0.2) is 5.82 Å². The third kappa shape index (κ3) is 2.09. The number of aliphatic hydroxyl groups is 2. The molecular weight excluding hydrogens is 242 g/mol. The number of aromatic nitrogens is 2. The lowest BCUT2D eigenvalue weighted by Gasteiger charge is -2.35. The first-order chi connectivity index (χ1) is 9.35. The van der Waals surface area contributed by atoms with Crippen molar-refractivity contribution in [1.82, 2.24) is 9.38 Å². The lowest BCUT2D eigenvalue weighted by molar-refractivity contribution is 0.237. The molecule has 0 radical (unpaired) electrons. The Morgan fingerprint density at radius 2 is 2.16 bits per heavy atom. The van der Waals surface area contributed by atoms with Gasteiger partial charge < -0.3 is 15.1 Å². The molecular formula is C14H19N3O2. The molecule has 2 aromatic rings. The first-order valence-electron chi connectivity index (χ1n) is 6.79. The van der Waals surface area contributed by atoms with Crippen LogP contribution in [0.1, 0.15) is 25.0 Å². The lowest BCUT2D eigenvalue weighted by Crippen LogP contribution is -2.42. The van der Waals surface area contributed by atoms with E-state index in [0.717, 1.165) is 43.0 Å². The number of pyridine rings is 1. The third-order valence-electron chi connectivity index (χ3n) is 3.87. The zero-order chi connectivity index (χ0) is 13.2. The van der Waals surface area contributed by atoms with Crippen molar-refractivity contribution in [2.24, 2.45) is 0 Å². The van der Waals surface area contributed by atoms with Crippen molar-refractivity contribution in [1.29, 1.82) is 0 Å². The van der Waals surface area contributed by atoms with Crippen LogP contribution >= 0.6 is 0 Å². The van der Waals surface area contributed by atoms with E-state index in [1.54, 1.807) is 0 Å². The molecule has 0 spiro atoms. The van der Waals surface area contributed by atoms with E-state index in [0.29, 0.717) is 0 Å². The Morgan fingerprint density at radius 3 is 2.95 bits per heavy atom. The minimum atomic E-state index is -0.0465. The van der Waals surface area contributed by atoms with E-state index in [2.05, 4.69) is 9.88 Å². The molecule has 1 saturated heterocycles. The Hall–Kier alpha value is -1.59. The van der Waals surface area contributed by atoms with E-state index < -0.39 is 0 Å². The Kier molecular flexibility index (Phi) is 3.40. The second-order valence-electron chi connectivity index (χ2n) is 4.99. The largest absolute Gasteiger partial charge is 0.394 e. The maximum Gasteiger partial charge on any atom is 0.153 e. The van der Waals surface area contributed by atoms with Gasteiger partial charge in [0.1, 0.15) is 5.65 Å². The molecule has 1 aliphatic heterocycles. The summed E-state index contributed by atoms with van der Waals surface area (Å²) in [5.41, 5.74) is 1.64. The van der Waals surface area contributed by atoms with Crippen molar-refractivity contribution in [2.45, 2.75) is 31.9 Å². The number of aliphatic hydroxyl groups excluding tert-OH is 2. The number of nitrogens with zero attached hydrogens (tertiary/aromatic N) is 3. The van der Waals surface area contributed by atoms with Gasteiger partial charge in [-0.3, -0.25) is 4.40 Å². The molecule has 5 nitrogen and oxygen atoms in total. The van der Waals surface area contributed by atoms with Gasteiger partial charge in [-0.15, -0.1) is 0 Å². The summed E-state index contributed by atoms with van der Waals surface area (Å²) in [4.78, 5) is 6.76. The van der Waals surface area contributed by atoms with Gasteiger partial charge in [0.05, 0.1) is 24.9 Å².